The second-order valence-electron chi connectivity index (χ2n) is 3.11. The van der Waals surface area contributed by atoms with Gasteiger partial charge in [0, 0.05) is 4.90 Å². The minimum absolute atomic E-state index is 0.154. The van der Waals surface area contributed by atoms with Crippen molar-refractivity contribution >= 4 is 17.7 Å². The van der Waals surface area contributed by atoms with Crippen LogP contribution < -0.4 is 0 Å². The molecule has 1 aromatic rings. The molecule has 0 fully saturated rings. The second-order valence-corrected chi connectivity index (χ2v) is 4.17. The molecule has 6 heteroatoms. The molecule has 94 valence electrons. The Morgan fingerprint density at radius 3 is 2.82 bits per heavy atom. The Morgan fingerprint density at radius 1 is 1.53 bits per heavy atom. The van der Waals surface area contributed by atoms with Gasteiger partial charge in [0.15, 0.2) is 6.10 Å². The number of carbonyl (C=O) groups is 1. The third-order valence-electron chi connectivity index (χ3n) is 1.91. The molecule has 0 amide bonds. The molecule has 1 unspecified atom stereocenters. The standard InChI is InChI=1S/C11H12F2O3S/c1-2-16-10(15)9(14)7-4-3-5-8(6-7)17-11(12)13/h3-6,9,11,14H,2H2,1H3. The minimum Gasteiger partial charge on any atom is -0.464 e. The van der Waals surface area contributed by atoms with Crippen LogP contribution in [0.5, 0.6) is 0 Å². The van der Waals surface area contributed by atoms with E-state index in [-0.39, 0.29) is 12.2 Å². The number of alkyl halides is 2. The molecule has 1 N–H and O–H groups in total. The van der Waals surface area contributed by atoms with Crippen LogP contribution in [0, 0.1) is 0 Å². The average Bonchev–Trinajstić information content (AvgIpc) is 2.28. The Hall–Kier alpha value is -1.14. The van der Waals surface area contributed by atoms with Gasteiger partial charge >= 0.3 is 5.97 Å². The molecule has 0 saturated heterocycles. The van der Waals surface area contributed by atoms with E-state index in [4.69, 9.17) is 0 Å². The van der Waals surface area contributed by atoms with Crippen LogP contribution in [-0.4, -0.2) is 23.4 Å². The van der Waals surface area contributed by atoms with Crippen molar-refractivity contribution in [3.8, 4) is 0 Å². The predicted octanol–water partition coefficient (Wildman–Crippen LogP) is 2.60. The van der Waals surface area contributed by atoms with Gasteiger partial charge in [-0.15, -0.1) is 0 Å². The molecule has 0 bridgehead atoms. The zero-order valence-corrected chi connectivity index (χ0v) is 9.92. The van der Waals surface area contributed by atoms with Gasteiger partial charge in [0.1, 0.15) is 0 Å². The van der Waals surface area contributed by atoms with Crippen molar-refractivity contribution < 1.29 is 23.4 Å². The maximum atomic E-state index is 12.1. The number of ether oxygens (including phenoxy) is 1. The van der Waals surface area contributed by atoms with Crippen LogP contribution in [-0.2, 0) is 9.53 Å². The molecule has 17 heavy (non-hydrogen) atoms. The van der Waals surface area contributed by atoms with Crippen molar-refractivity contribution in [1.82, 2.24) is 0 Å². The summed E-state index contributed by atoms with van der Waals surface area (Å²) < 4.78 is 28.9. The lowest BCUT2D eigenvalue weighted by molar-refractivity contribution is -0.153. The summed E-state index contributed by atoms with van der Waals surface area (Å²) in [7, 11) is 0. The summed E-state index contributed by atoms with van der Waals surface area (Å²) in [4.78, 5) is 11.5. The van der Waals surface area contributed by atoms with Crippen LogP contribution >= 0.6 is 11.8 Å². The summed E-state index contributed by atoms with van der Waals surface area (Å²) in [5, 5.41) is 9.61. The largest absolute Gasteiger partial charge is 0.464 e. The van der Waals surface area contributed by atoms with Crippen molar-refractivity contribution in [1.29, 1.82) is 0 Å². The molecule has 0 saturated carbocycles. The molecule has 1 atom stereocenters. The highest BCUT2D eigenvalue weighted by Gasteiger charge is 2.19. The zero-order chi connectivity index (χ0) is 12.8. The molecule has 1 aromatic carbocycles. The Balaban J connectivity index is 2.80. The molecule has 0 heterocycles. The van der Waals surface area contributed by atoms with E-state index in [0.29, 0.717) is 16.7 Å². The van der Waals surface area contributed by atoms with Gasteiger partial charge < -0.3 is 9.84 Å². The third kappa shape index (κ3) is 4.32. The Morgan fingerprint density at radius 2 is 2.24 bits per heavy atom. The fourth-order valence-corrected chi connectivity index (χ4v) is 1.79. The predicted molar refractivity (Wildman–Crippen MR) is 59.9 cm³/mol. The first kappa shape index (κ1) is 13.9. The SMILES string of the molecule is CCOC(=O)C(O)c1cccc(SC(F)F)c1. The number of rotatable bonds is 5. The monoisotopic (exact) mass is 262 g/mol. The van der Waals surface area contributed by atoms with Crippen molar-refractivity contribution in [2.45, 2.75) is 23.7 Å². The van der Waals surface area contributed by atoms with Crippen LogP contribution in [0.2, 0.25) is 0 Å². The lowest BCUT2D eigenvalue weighted by atomic mass is 10.1. The van der Waals surface area contributed by atoms with Crippen LogP contribution in [0.3, 0.4) is 0 Å². The summed E-state index contributed by atoms with van der Waals surface area (Å²) in [6, 6.07) is 5.82. The van der Waals surface area contributed by atoms with Crippen LogP contribution in [0.15, 0.2) is 29.2 Å². The van der Waals surface area contributed by atoms with E-state index in [1.165, 1.54) is 24.3 Å². The van der Waals surface area contributed by atoms with Gasteiger partial charge in [0.2, 0.25) is 0 Å². The summed E-state index contributed by atoms with van der Waals surface area (Å²) in [5.74, 6) is -3.32. The number of aliphatic hydroxyl groups excluding tert-OH is 1. The third-order valence-corrected chi connectivity index (χ3v) is 2.61. The van der Waals surface area contributed by atoms with Crippen molar-refractivity contribution in [3.05, 3.63) is 29.8 Å². The second kappa shape index (κ2) is 6.56. The van der Waals surface area contributed by atoms with E-state index in [0.717, 1.165) is 0 Å². The molecule has 0 radical (unpaired) electrons. The quantitative estimate of drug-likeness (QED) is 0.654. The van der Waals surface area contributed by atoms with Crippen molar-refractivity contribution in [2.24, 2.45) is 0 Å². The molecule has 3 nitrogen and oxygen atoms in total. The Kier molecular flexibility index (Phi) is 5.37. The fraction of sp³-hybridized carbons (Fsp3) is 0.364. The van der Waals surface area contributed by atoms with E-state index in [9.17, 15) is 18.7 Å². The topological polar surface area (TPSA) is 46.5 Å². The van der Waals surface area contributed by atoms with Gasteiger partial charge in [-0.3, -0.25) is 0 Å². The maximum absolute atomic E-state index is 12.1. The van der Waals surface area contributed by atoms with Gasteiger partial charge in [-0.2, -0.15) is 8.78 Å². The van der Waals surface area contributed by atoms with E-state index in [2.05, 4.69) is 4.74 Å². The summed E-state index contributed by atoms with van der Waals surface area (Å²) in [6.07, 6.45) is -1.44. The molecule has 0 aliphatic carbocycles. The van der Waals surface area contributed by atoms with Crippen molar-refractivity contribution in [3.63, 3.8) is 0 Å². The average molecular weight is 262 g/mol. The molecule has 0 aliphatic rings. The molecular formula is C11H12F2O3S. The van der Waals surface area contributed by atoms with Gasteiger partial charge in [-0.1, -0.05) is 23.9 Å². The van der Waals surface area contributed by atoms with Crippen LogP contribution in [0.1, 0.15) is 18.6 Å². The highest BCUT2D eigenvalue weighted by Crippen LogP contribution is 2.27. The van der Waals surface area contributed by atoms with Crippen LogP contribution in [0.4, 0.5) is 8.78 Å². The van der Waals surface area contributed by atoms with E-state index in [1.807, 2.05) is 0 Å². The van der Waals surface area contributed by atoms with Gasteiger partial charge in [-0.25, -0.2) is 4.79 Å². The molecule has 0 aromatic heterocycles. The normalized spacial score (nSPS) is 12.5. The number of halogens is 2. The Labute approximate surface area is 102 Å². The van der Waals surface area contributed by atoms with Crippen LogP contribution in [0.25, 0.3) is 0 Å². The summed E-state index contributed by atoms with van der Waals surface area (Å²) in [5.41, 5.74) is 0.245. The smallest absolute Gasteiger partial charge is 0.339 e. The lowest BCUT2D eigenvalue weighted by Gasteiger charge is -2.10. The molecule has 1 rings (SSSR count). The first-order valence-electron chi connectivity index (χ1n) is 4.94. The highest BCUT2D eigenvalue weighted by atomic mass is 32.2. The molecule has 0 spiro atoms. The maximum Gasteiger partial charge on any atom is 0.339 e. The van der Waals surface area contributed by atoms with Gasteiger partial charge in [0.05, 0.1) is 6.61 Å². The van der Waals surface area contributed by atoms with Gasteiger partial charge in [-0.05, 0) is 24.6 Å². The van der Waals surface area contributed by atoms with E-state index >= 15 is 0 Å². The van der Waals surface area contributed by atoms with E-state index in [1.54, 1.807) is 6.92 Å². The number of thioether (sulfide) groups is 1. The zero-order valence-electron chi connectivity index (χ0n) is 9.10. The summed E-state index contributed by atoms with van der Waals surface area (Å²) in [6.45, 7) is 1.77. The summed E-state index contributed by atoms with van der Waals surface area (Å²) >= 11 is 0.359. The number of hydrogen-bond acceptors (Lipinski definition) is 4. The first-order valence-corrected chi connectivity index (χ1v) is 5.82. The first-order chi connectivity index (χ1) is 8.04. The highest BCUT2D eigenvalue weighted by molar-refractivity contribution is 7.99. The number of carbonyl (C=O) groups excluding carboxylic acids is 1. The van der Waals surface area contributed by atoms with Gasteiger partial charge in [0.25, 0.3) is 5.76 Å². The minimum atomic E-state index is -2.54. The van der Waals surface area contributed by atoms with E-state index < -0.39 is 17.8 Å². The number of esters is 1. The molecule has 0 aliphatic heterocycles. The number of aliphatic hydroxyl groups is 1. The number of hydrogen-bond donors (Lipinski definition) is 1. The fourth-order valence-electron chi connectivity index (χ4n) is 1.22. The lowest BCUT2D eigenvalue weighted by Crippen LogP contribution is -2.15. The molecular weight excluding hydrogens is 250 g/mol. The van der Waals surface area contributed by atoms with Crippen molar-refractivity contribution in [2.75, 3.05) is 6.61 Å². The number of benzene rings is 1. The Bertz CT molecular complexity index is 385.